The number of hydrogen-bond donors (Lipinski definition) is 2. The van der Waals surface area contributed by atoms with Crippen molar-refractivity contribution in [1.29, 1.82) is 0 Å². The Hall–Kier alpha value is -3.91. The minimum absolute atomic E-state index is 0.0367. The number of amides is 2. The maximum Gasteiger partial charge on any atom is 0.253 e. The number of carbonyl (C=O) groups is 2. The quantitative estimate of drug-likeness (QED) is 0.516. The average Bonchev–Trinajstić information content (AvgIpc) is 2.89. The molecule has 4 rings (SSSR count). The summed E-state index contributed by atoms with van der Waals surface area (Å²) in [6, 6.07) is 24.6. The van der Waals surface area contributed by atoms with E-state index >= 15 is 0 Å². The van der Waals surface area contributed by atoms with Crippen molar-refractivity contribution in [2.75, 3.05) is 43.5 Å². The van der Waals surface area contributed by atoms with Gasteiger partial charge in [-0.15, -0.1) is 0 Å². The molecule has 0 unspecified atom stereocenters. The number of rotatable bonds is 6. The molecule has 1 fully saturated rings. The van der Waals surface area contributed by atoms with Gasteiger partial charge in [-0.25, -0.2) is 0 Å². The van der Waals surface area contributed by atoms with E-state index in [1.165, 1.54) is 0 Å². The zero-order valence-electron chi connectivity index (χ0n) is 19.6. The predicted octanol–water partition coefficient (Wildman–Crippen LogP) is 3.71. The molecule has 1 heterocycles. The van der Waals surface area contributed by atoms with Crippen LogP contribution in [0, 0.1) is 0 Å². The second-order valence-electron chi connectivity index (χ2n) is 8.22. The Labute approximate surface area is 210 Å². The standard InChI is InChI=1S/C27H28N4O3S/c1-34-24-13-7-21(8-14-24)26(33)31-17-15-30(16-18-31)23-11-9-22(10-12-23)28-27(35)29-25(32)19-20-5-3-2-4-6-20/h2-14H,15-19H2,1H3,(H2,28,29,32,35). The molecule has 0 bridgehead atoms. The summed E-state index contributed by atoms with van der Waals surface area (Å²) in [6.07, 6.45) is 0.272. The van der Waals surface area contributed by atoms with Gasteiger partial charge in [0.05, 0.1) is 13.5 Å². The number of carbonyl (C=O) groups excluding carboxylic acids is 2. The van der Waals surface area contributed by atoms with Crippen LogP contribution in [0.3, 0.4) is 0 Å². The van der Waals surface area contributed by atoms with Gasteiger partial charge in [0.25, 0.3) is 5.91 Å². The third-order valence-corrected chi connectivity index (χ3v) is 6.06. The number of methoxy groups -OCH3 is 1. The van der Waals surface area contributed by atoms with Gasteiger partial charge >= 0.3 is 0 Å². The predicted molar refractivity (Wildman–Crippen MR) is 142 cm³/mol. The highest BCUT2D eigenvalue weighted by Gasteiger charge is 2.22. The maximum atomic E-state index is 12.8. The van der Waals surface area contributed by atoms with Crippen molar-refractivity contribution in [3.8, 4) is 5.75 Å². The normalized spacial score (nSPS) is 13.2. The topological polar surface area (TPSA) is 73.9 Å². The Morgan fingerprint density at radius 1 is 0.886 bits per heavy atom. The highest BCUT2D eigenvalue weighted by molar-refractivity contribution is 7.80. The van der Waals surface area contributed by atoms with E-state index in [-0.39, 0.29) is 23.3 Å². The lowest BCUT2D eigenvalue weighted by Crippen LogP contribution is -2.48. The Kier molecular flexibility index (Phi) is 7.95. The summed E-state index contributed by atoms with van der Waals surface area (Å²) in [7, 11) is 1.61. The minimum Gasteiger partial charge on any atom is -0.497 e. The number of piperazine rings is 1. The van der Waals surface area contributed by atoms with Crippen LogP contribution in [0.2, 0.25) is 0 Å². The van der Waals surface area contributed by atoms with E-state index < -0.39 is 0 Å². The number of nitrogens with one attached hydrogen (secondary N) is 2. The van der Waals surface area contributed by atoms with Crippen molar-refractivity contribution in [2.24, 2.45) is 0 Å². The van der Waals surface area contributed by atoms with Gasteiger partial charge in [0.15, 0.2) is 5.11 Å². The Morgan fingerprint density at radius 3 is 2.17 bits per heavy atom. The molecule has 0 aliphatic carbocycles. The van der Waals surface area contributed by atoms with Gasteiger partial charge in [0.1, 0.15) is 5.75 Å². The van der Waals surface area contributed by atoms with E-state index in [0.717, 1.165) is 35.8 Å². The van der Waals surface area contributed by atoms with Crippen LogP contribution in [-0.2, 0) is 11.2 Å². The molecule has 1 aliphatic rings. The summed E-state index contributed by atoms with van der Waals surface area (Å²) in [5, 5.41) is 6.04. The molecule has 1 saturated heterocycles. The molecule has 0 radical (unpaired) electrons. The van der Waals surface area contributed by atoms with Crippen LogP contribution >= 0.6 is 12.2 Å². The summed E-state index contributed by atoms with van der Waals surface area (Å²) < 4.78 is 5.16. The number of ether oxygens (including phenoxy) is 1. The van der Waals surface area contributed by atoms with Crippen LogP contribution in [0.4, 0.5) is 11.4 Å². The molecule has 0 atom stereocenters. The first-order chi connectivity index (χ1) is 17.0. The fourth-order valence-electron chi connectivity index (χ4n) is 3.95. The van der Waals surface area contributed by atoms with Crippen LogP contribution in [0.15, 0.2) is 78.9 Å². The van der Waals surface area contributed by atoms with Gasteiger partial charge in [-0.2, -0.15) is 0 Å². The molecule has 8 heteroatoms. The van der Waals surface area contributed by atoms with Crippen molar-refractivity contribution in [2.45, 2.75) is 6.42 Å². The molecule has 3 aromatic carbocycles. The molecule has 2 N–H and O–H groups in total. The van der Waals surface area contributed by atoms with E-state index in [1.807, 2.05) is 59.5 Å². The smallest absolute Gasteiger partial charge is 0.253 e. The fraction of sp³-hybridized carbons (Fsp3) is 0.222. The molecule has 2 amide bonds. The summed E-state index contributed by atoms with van der Waals surface area (Å²) in [4.78, 5) is 29.1. The molecular weight excluding hydrogens is 460 g/mol. The fourth-order valence-corrected chi connectivity index (χ4v) is 4.19. The van der Waals surface area contributed by atoms with Crippen LogP contribution in [-0.4, -0.2) is 55.1 Å². The van der Waals surface area contributed by atoms with Gasteiger partial charge in [-0.3, -0.25) is 9.59 Å². The number of benzene rings is 3. The van der Waals surface area contributed by atoms with Crippen LogP contribution < -0.4 is 20.3 Å². The van der Waals surface area contributed by atoms with E-state index in [2.05, 4.69) is 15.5 Å². The molecule has 3 aromatic rings. The van der Waals surface area contributed by atoms with Crippen LogP contribution in [0.1, 0.15) is 15.9 Å². The summed E-state index contributed by atoms with van der Waals surface area (Å²) >= 11 is 5.28. The van der Waals surface area contributed by atoms with E-state index in [9.17, 15) is 9.59 Å². The third-order valence-electron chi connectivity index (χ3n) is 5.85. The van der Waals surface area contributed by atoms with Crippen LogP contribution in [0.25, 0.3) is 0 Å². The monoisotopic (exact) mass is 488 g/mol. The second kappa shape index (κ2) is 11.5. The van der Waals surface area contributed by atoms with E-state index in [4.69, 9.17) is 17.0 Å². The highest BCUT2D eigenvalue weighted by atomic mass is 32.1. The molecule has 7 nitrogen and oxygen atoms in total. The first-order valence-corrected chi connectivity index (χ1v) is 11.9. The van der Waals surface area contributed by atoms with Crippen LogP contribution in [0.5, 0.6) is 5.75 Å². The number of thiocarbonyl (C=S) groups is 1. The largest absolute Gasteiger partial charge is 0.497 e. The van der Waals surface area contributed by atoms with Crippen molar-refractivity contribution in [3.05, 3.63) is 90.0 Å². The maximum absolute atomic E-state index is 12.8. The molecule has 180 valence electrons. The molecule has 0 aromatic heterocycles. The van der Waals surface area contributed by atoms with Crippen molar-refractivity contribution >= 4 is 40.5 Å². The Morgan fingerprint density at radius 2 is 1.54 bits per heavy atom. The lowest BCUT2D eigenvalue weighted by molar-refractivity contribution is -0.119. The lowest BCUT2D eigenvalue weighted by atomic mass is 10.1. The average molecular weight is 489 g/mol. The van der Waals surface area contributed by atoms with Crippen molar-refractivity contribution in [1.82, 2.24) is 10.2 Å². The zero-order chi connectivity index (χ0) is 24.6. The minimum atomic E-state index is -0.160. The van der Waals surface area contributed by atoms with Crippen molar-refractivity contribution < 1.29 is 14.3 Å². The zero-order valence-corrected chi connectivity index (χ0v) is 20.4. The number of nitrogens with zero attached hydrogens (tertiary/aromatic N) is 2. The Balaban J connectivity index is 1.25. The number of hydrogen-bond acceptors (Lipinski definition) is 5. The second-order valence-corrected chi connectivity index (χ2v) is 8.63. The lowest BCUT2D eigenvalue weighted by Gasteiger charge is -2.36. The Bertz CT molecular complexity index is 1160. The van der Waals surface area contributed by atoms with Gasteiger partial charge in [0.2, 0.25) is 5.91 Å². The molecule has 0 saturated carbocycles. The highest BCUT2D eigenvalue weighted by Crippen LogP contribution is 2.21. The van der Waals surface area contributed by atoms with Gasteiger partial charge in [-0.1, -0.05) is 30.3 Å². The van der Waals surface area contributed by atoms with Gasteiger partial charge in [0, 0.05) is 43.1 Å². The molecule has 35 heavy (non-hydrogen) atoms. The van der Waals surface area contributed by atoms with Crippen molar-refractivity contribution in [3.63, 3.8) is 0 Å². The SMILES string of the molecule is COc1ccc(C(=O)N2CCN(c3ccc(NC(=S)NC(=O)Cc4ccccc4)cc3)CC2)cc1. The summed E-state index contributed by atoms with van der Waals surface area (Å²) in [5.74, 6) is 0.613. The molecule has 0 spiro atoms. The van der Waals surface area contributed by atoms with Gasteiger partial charge in [-0.05, 0) is 66.3 Å². The number of anilines is 2. The first-order valence-electron chi connectivity index (χ1n) is 11.4. The first kappa shape index (κ1) is 24.2. The molecule has 1 aliphatic heterocycles. The van der Waals surface area contributed by atoms with E-state index in [0.29, 0.717) is 18.7 Å². The summed E-state index contributed by atoms with van der Waals surface area (Å²) in [6.45, 7) is 2.82. The van der Waals surface area contributed by atoms with Gasteiger partial charge < -0.3 is 25.2 Å². The third kappa shape index (κ3) is 6.58. The molecular formula is C27H28N4O3S. The summed E-state index contributed by atoms with van der Waals surface area (Å²) in [5.41, 5.74) is 3.47. The van der Waals surface area contributed by atoms with E-state index in [1.54, 1.807) is 31.4 Å².